The Labute approximate surface area is 197 Å². The molecule has 33 heavy (non-hydrogen) atoms. The first kappa shape index (κ1) is 22.2. The Morgan fingerprint density at radius 2 is 0.818 bits per heavy atom. The van der Waals surface area contributed by atoms with Crippen molar-refractivity contribution in [3.63, 3.8) is 0 Å². The molecule has 0 aliphatic rings. The average molecular weight is 435 g/mol. The van der Waals surface area contributed by atoms with Gasteiger partial charge in [0.2, 0.25) is 0 Å². The van der Waals surface area contributed by atoms with Crippen molar-refractivity contribution in [3.05, 3.63) is 120 Å². The summed E-state index contributed by atoms with van der Waals surface area (Å²) in [6, 6.07) is 37.6. The summed E-state index contributed by atoms with van der Waals surface area (Å²) in [4.78, 5) is 4.21. The predicted molar refractivity (Wildman–Crippen MR) is 142 cm³/mol. The van der Waals surface area contributed by atoms with Gasteiger partial charge in [0.15, 0.2) is 0 Å². The molecule has 0 aliphatic carbocycles. The van der Waals surface area contributed by atoms with Gasteiger partial charge in [-0.1, -0.05) is 60.7 Å². The number of hydrogen-bond acceptors (Lipinski definition) is 4. The molecule has 0 amide bonds. The summed E-state index contributed by atoms with van der Waals surface area (Å²) in [5.41, 5.74) is 7.38. The first-order chi connectivity index (χ1) is 16.0. The van der Waals surface area contributed by atoms with Gasteiger partial charge >= 0.3 is 0 Å². The molecule has 0 saturated carbocycles. The molecule has 4 rings (SSSR count). The van der Waals surface area contributed by atoms with E-state index in [1.165, 1.54) is 0 Å². The van der Waals surface area contributed by atoms with Crippen molar-refractivity contribution < 1.29 is 0 Å². The highest BCUT2D eigenvalue weighted by Gasteiger charge is 2.14. The Kier molecular flexibility index (Phi) is 6.75. The van der Waals surface area contributed by atoms with Crippen molar-refractivity contribution in [2.45, 2.75) is 0 Å². The zero-order valence-corrected chi connectivity index (χ0v) is 19.7. The monoisotopic (exact) mass is 434 g/mol. The summed E-state index contributed by atoms with van der Waals surface area (Å²) in [7, 11) is 8.21. The maximum Gasteiger partial charge on any atom is 0.0984 e. The molecule has 0 atom stereocenters. The van der Waals surface area contributed by atoms with Crippen LogP contribution in [-0.2, 0) is 0 Å². The number of para-hydroxylation sites is 2. The first-order valence-electron chi connectivity index (χ1n) is 11.1. The van der Waals surface area contributed by atoms with Crippen molar-refractivity contribution in [2.75, 3.05) is 43.0 Å². The van der Waals surface area contributed by atoms with Crippen molar-refractivity contribution in [1.29, 1.82) is 0 Å². The van der Waals surface area contributed by atoms with Gasteiger partial charge in [0, 0.05) is 50.7 Å². The number of nitrogens with zero attached hydrogens (tertiary/aromatic N) is 4. The minimum absolute atomic E-state index is 0.915. The fourth-order valence-corrected chi connectivity index (χ4v) is 3.62. The number of anilines is 4. The molecule has 166 valence electrons. The topological polar surface area (TPSA) is 22.1 Å². The Morgan fingerprint density at radius 3 is 1.15 bits per heavy atom. The molecule has 4 aromatic carbocycles. The van der Waals surface area contributed by atoms with Crippen LogP contribution in [-0.4, -0.2) is 33.9 Å². The average Bonchev–Trinajstić information content (AvgIpc) is 2.86. The first-order valence-corrected chi connectivity index (χ1v) is 11.1. The van der Waals surface area contributed by atoms with Crippen LogP contribution < -0.4 is 14.8 Å². The second-order valence-corrected chi connectivity index (χ2v) is 8.31. The molecular formula is C29H30N4. The lowest BCUT2D eigenvalue weighted by atomic mass is 10.0. The van der Waals surface area contributed by atoms with Crippen LogP contribution in [0.25, 0.3) is 0 Å². The van der Waals surface area contributed by atoms with Gasteiger partial charge in [-0.2, -0.15) is 5.10 Å². The van der Waals surface area contributed by atoms with Gasteiger partial charge < -0.3 is 9.80 Å². The van der Waals surface area contributed by atoms with Crippen LogP contribution in [0, 0.1) is 0 Å². The smallest absolute Gasteiger partial charge is 0.0984 e. The van der Waals surface area contributed by atoms with E-state index in [-0.39, 0.29) is 0 Å². The summed E-state index contributed by atoms with van der Waals surface area (Å²) in [5, 5.41) is 7.24. The molecule has 0 heterocycles. The number of rotatable bonds is 7. The third-order valence-corrected chi connectivity index (χ3v) is 5.52. The van der Waals surface area contributed by atoms with E-state index in [9.17, 15) is 0 Å². The highest BCUT2D eigenvalue weighted by Crippen LogP contribution is 2.27. The fourth-order valence-electron chi connectivity index (χ4n) is 3.62. The van der Waals surface area contributed by atoms with Crippen LogP contribution in [0.4, 0.5) is 22.7 Å². The molecule has 0 spiro atoms. The minimum Gasteiger partial charge on any atom is -0.378 e. The van der Waals surface area contributed by atoms with Crippen LogP contribution in [0.1, 0.15) is 11.1 Å². The Bertz CT molecular complexity index is 1090. The third kappa shape index (κ3) is 5.24. The van der Waals surface area contributed by atoms with E-state index in [4.69, 9.17) is 5.10 Å². The molecule has 0 N–H and O–H groups in total. The van der Waals surface area contributed by atoms with E-state index < -0.39 is 0 Å². The lowest BCUT2D eigenvalue weighted by Gasteiger charge is -2.22. The van der Waals surface area contributed by atoms with Gasteiger partial charge in [0.1, 0.15) is 0 Å². The standard InChI is InChI=1S/C29H30N4/c1-31(2)25-19-15-23(16-20-25)29(24-17-21-26(22-18-24)32(3)4)30-33(27-11-7-5-8-12-27)28-13-9-6-10-14-28/h5-22H,1-4H3. The van der Waals surface area contributed by atoms with Crippen molar-refractivity contribution in [3.8, 4) is 0 Å². The van der Waals surface area contributed by atoms with E-state index in [0.717, 1.165) is 39.6 Å². The summed E-state index contributed by atoms with van der Waals surface area (Å²) in [5.74, 6) is 0. The Morgan fingerprint density at radius 1 is 0.455 bits per heavy atom. The zero-order chi connectivity index (χ0) is 23.2. The highest BCUT2D eigenvalue weighted by atomic mass is 15.5. The third-order valence-electron chi connectivity index (χ3n) is 5.52. The predicted octanol–water partition coefficient (Wildman–Crippen LogP) is 6.41. The molecule has 0 aromatic heterocycles. The summed E-state index contributed by atoms with van der Waals surface area (Å²) < 4.78 is 0. The van der Waals surface area contributed by atoms with Gasteiger partial charge in [0.25, 0.3) is 0 Å². The molecule has 0 saturated heterocycles. The number of hydrazone groups is 1. The molecule has 0 radical (unpaired) electrons. The van der Waals surface area contributed by atoms with E-state index in [0.29, 0.717) is 0 Å². The van der Waals surface area contributed by atoms with Gasteiger partial charge in [-0.3, -0.25) is 0 Å². The zero-order valence-electron chi connectivity index (χ0n) is 19.7. The molecular weight excluding hydrogens is 404 g/mol. The Hall–Kier alpha value is -4.05. The van der Waals surface area contributed by atoms with Gasteiger partial charge in [-0.25, -0.2) is 5.01 Å². The van der Waals surface area contributed by atoms with Crippen molar-refractivity contribution in [1.82, 2.24) is 0 Å². The van der Waals surface area contributed by atoms with E-state index in [2.05, 4.69) is 111 Å². The van der Waals surface area contributed by atoms with Crippen LogP contribution in [0.2, 0.25) is 0 Å². The summed E-state index contributed by atoms with van der Waals surface area (Å²) in [6.07, 6.45) is 0. The quantitative estimate of drug-likeness (QED) is 0.248. The Balaban J connectivity index is 1.87. The van der Waals surface area contributed by atoms with E-state index >= 15 is 0 Å². The second kappa shape index (κ2) is 10.0. The molecule has 4 heteroatoms. The molecule has 0 unspecified atom stereocenters. The maximum absolute atomic E-state index is 5.23. The van der Waals surface area contributed by atoms with Crippen LogP contribution in [0.5, 0.6) is 0 Å². The largest absolute Gasteiger partial charge is 0.378 e. The molecule has 0 fully saturated rings. The number of hydrogen-bond donors (Lipinski definition) is 0. The maximum atomic E-state index is 5.23. The van der Waals surface area contributed by atoms with Crippen LogP contribution in [0.3, 0.4) is 0 Å². The van der Waals surface area contributed by atoms with Crippen LogP contribution in [0.15, 0.2) is 114 Å². The lowest BCUT2D eigenvalue weighted by Crippen LogP contribution is -2.16. The second-order valence-electron chi connectivity index (χ2n) is 8.31. The fraction of sp³-hybridized carbons (Fsp3) is 0.138. The minimum atomic E-state index is 0.915. The lowest BCUT2D eigenvalue weighted by molar-refractivity contribution is 1.08. The molecule has 0 bridgehead atoms. The van der Waals surface area contributed by atoms with Gasteiger partial charge in [-0.15, -0.1) is 0 Å². The molecule has 4 nitrogen and oxygen atoms in total. The van der Waals surface area contributed by atoms with Crippen LogP contribution >= 0.6 is 0 Å². The van der Waals surface area contributed by atoms with Gasteiger partial charge in [-0.05, 0) is 48.5 Å². The van der Waals surface area contributed by atoms with Crippen molar-refractivity contribution in [2.24, 2.45) is 5.10 Å². The van der Waals surface area contributed by atoms with Gasteiger partial charge in [0.05, 0.1) is 17.1 Å². The molecule has 4 aromatic rings. The van der Waals surface area contributed by atoms with E-state index in [1.807, 2.05) is 41.4 Å². The highest BCUT2D eigenvalue weighted by molar-refractivity contribution is 6.13. The normalized spacial score (nSPS) is 10.4. The van der Waals surface area contributed by atoms with E-state index in [1.54, 1.807) is 0 Å². The molecule has 0 aliphatic heterocycles. The SMILES string of the molecule is CN(C)c1ccc(C(=NN(c2ccccc2)c2ccccc2)c2ccc(N(C)C)cc2)cc1. The summed E-state index contributed by atoms with van der Waals surface area (Å²) in [6.45, 7) is 0. The number of benzene rings is 4. The summed E-state index contributed by atoms with van der Waals surface area (Å²) >= 11 is 0. The van der Waals surface area contributed by atoms with Crippen molar-refractivity contribution >= 4 is 28.5 Å².